The number of hydrogen-bond donors (Lipinski definition) is 0. The highest BCUT2D eigenvalue weighted by atomic mass is 19.4. The molecule has 0 fully saturated rings. The first-order valence-electron chi connectivity index (χ1n) is 4.45. The Balaban J connectivity index is 4.48. The lowest BCUT2D eigenvalue weighted by Crippen LogP contribution is -2.51. The summed E-state index contributed by atoms with van der Waals surface area (Å²) in [6.07, 6.45) is -3.63. The second-order valence-electron chi connectivity index (χ2n) is 3.23. The molecule has 1 amide bonds. The molecule has 0 heterocycles. The van der Waals surface area contributed by atoms with E-state index in [1.165, 1.54) is 6.08 Å². The van der Waals surface area contributed by atoms with Gasteiger partial charge in [-0.2, -0.15) is 22.0 Å². The average molecular weight is 245 g/mol. The molecule has 0 aliphatic carbocycles. The van der Waals surface area contributed by atoms with Crippen LogP contribution < -0.4 is 0 Å². The van der Waals surface area contributed by atoms with Gasteiger partial charge in [0.25, 0.3) is 0 Å². The molecule has 0 saturated heterocycles. The molecule has 0 spiro atoms. The maximum atomic E-state index is 12.5. The summed E-state index contributed by atoms with van der Waals surface area (Å²) in [6, 6.07) is 0. The summed E-state index contributed by atoms with van der Waals surface area (Å²) in [6.45, 7) is 3.19. The Kier molecular flexibility index (Phi) is 4.89. The Morgan fingerprint density at radius 1 is 1.31 bits per heavy atom. The van der Waals surface area contributed by atoms with Gasteiger partial charge in [-0.25, -0.2) is 0 Å². The van der Waals surface area contributed by atoms with Crippen molar-refractivity contribution in [3.8, 4) is 0 Å². The molecule has 94 valence electrons. The molecule has 0 rings (SSSR count). The fourth-order valence-electron chi connectivity index (χ4n) is 0.935. The number of halogens is 5. The van der Waals surface area contributed by atoms with Crippen LogP contribution in [0.4, 0.5) is 22.0 Å². The van der Waals surface area contributed by atoms with Crippen LogP contribution in [0.25, 0.3) is 0 Å². The SMILES string of the molecule is C=CCCCN(C)C(=O)C(F)(F)C(F)(F)F. The van der Waals surface area contributed by atoms with Gasteiger partial charge in [0, 0.05) is 13.6 Å². The molecule has 16 heavy (non-hydrogen) atoms. The van der Waals surface area contributed by atoms with E-state index in [0.717, 1.165) is 7.05 Å². The molecule has 0 bridgehead atoms. The zero-order valence-corrected chi connectivity index (χ0v) is 8.65. The molecule has 0 atom stereocenters. The van der Waals surface area contributed by atoms with E-state index in [-0.39, 0.29) is 6.54 Å². The highest BCUT2D eigenvalue weighted by Gasteiger charge is 2.64. The van der Waals surface area contributed by atoms with Gasteiger partial charge in [0.15, 0.2) is 0 Å². The van der Waals surface area contributed by atoms with Crippen LogP contribution in [-0.4, -0.2) is 36.5 Å². The number of hydrogen-bond acceptors (Lipinski definition) is 1. The highest BCUT2D eigenvalue weighted by Crippen LogP contribution is 2.36. The van der Waals surface area contributed by atoms with Crippen molar-refractivity contribution < 1.29 is 26.7 Å². The number of unbranched alkanes of at least 4 members (excludes halogenated alkanes) is 1. The van der Waals surface area contributed by atoms with Crippen LogP contribution in [0, 0.1) is 0 Å². The van der Waals surface area contributed by atoms with Crippen LogP contribution in [0.3, 0.4) is 0 Å². The quantitative estimate of drug-likeness (QED) is 0.414. The zero-order chi connectivity index (χ0) is 13.0. The van der Waals surface area contributed by atoms with Crippen molar-refractivity contribution in [3.63, 3.8) is 0 Å². The number of rotatable bonds is 5. The lowest BCUT2D eigenvalue weighted by Gasteiger charge is -2.24. The maximum absolute atomic E-state index is 12.5. The van der Waals surface area contributed by atoms with E-state index in [4.69, 9.17) is 0 Å². The summed E-state index contributed by atoms with van der Waals surface area (Å²) in [5.41, 5.74) is 0. The predicted molar refractivity (Wildman–Crippen MR) is 48.1 cm³/mol. The lowest BCUT2D eigenvalue weighted by atomic mass is 10.2. The molecule has 0 aromatic heterocycles. The molecule has 0 unspecified atom stereocenters. The summed E-state index contributed by atoms with van der Waals surface area (Å²) in [7, 11) is 0.908. The van der Waals surface area contributed by atoms with Crippen LogP contribution in [0.5, 0.6) is 0 Å². The number of allylic oxidation sites excluding steroid dienone is 1. The third-order valence-corrected chi connectivity index (χ3v) is 1.87. The normalized spacial score (nSPS) is 12.4. The van der Waals surface area contributed by atoms with E-state index in [0.29, 0.717) is 17.7 Å². The Labute approximate surface area is 89.7 Å². The topological polar surface area (TPSA) is 20.3 Å². The van der Waals surface area contributed by atoms with Gasteiger partial charge in [-0.15, -0.1) is 6.58 Å². The Morgan fingerprint density at radius 2 is 1.81 bits per heavy atom. The van der Waals surface area contributed by atoms with Crippen LogP contribution in [-0.2, 0) is 4.79 Å². The number of alkyl halides is 5. The standard InChI is InChI=1S/C9H12F5NO/c1-3-4-5-6-15(2)7(16)8(10,11)9(12,13)14/h3H,1,4-6H2,2H3. The molecule has 0 aliphatic heterocycles. The van der Waals surface area contributed by atoms with Crippen molar-refractivity contribution in [2.24, 2.45) is 0 Å². The average Bonchev–Trinajstić information content (AvgIpc) is 2.15. The minimum absolute atomic E-state index is 0.170. The van der Waals surface area contributed by atoms with E-state index in [1.807, 2.05) is 0 Å². The van der Waals surface area contributed by atoms with E-state index in [1.54, 1.807) is 0 Å². The van der Waals surface area contributed by atoms with E-state index >= 15 is 0 Å². The molecule has 7 heteroatoms. The molecule has 0 aromatic carbocycles. The minimum atomic E-state index is -5.85. The number of nitrogens with zero attached hydrogens (tertiary/aromatic N) is 1. The predicted octanol–water partition coefficient (Wildman–Crippen LogP) is 2.61. The third kappa shape index (κ3) is 3.46. The fourth-order valence-corrected chi connectivity index (χ4v) is 0.935. The van der Waals surface area contributed by atoms with Crippen molar-refractivity contribution in [1.82, 2.24) is 4.90 Å². The van der Waals surface area contributed by atoms with E-state index in [9.17, 15) is 26.7 Å². The number of carbonyl (C=O) groups excluding carboxylic acids is 1. The summed E-state index contributed by atoms with van der Waals surface area (Å²) < 4.78 is 60.6. The minimum Gasteiger partial charge on any atom is -0.340 e. The lowest BCUT2D eigenvalue weighted by molar-refractivity contribution is -0.274. The smallest absolute Gasteiger partial charge is 0.340 e. The van der Waals surface area contributed by atoms with Crippen molar-refractivity contribution >= 4 is 5.91 Å². The molecule has 0 aromatic rings. The fraction of sp³-hybridized carbons (Fsp3) is 0.667. The second kappa shape index (κ2) is 5.27. The third-order valence-electron chi connectivity index (χ3n) is 1.87. The first-order valence-corrected chi connectivity index (χ1v) is 4.45. The van der Waals surface area contributed by atoms with Crippen molar-refractivity contribution in [1.29, 1.82) is 0 Å². The van der Waals surface area contributed by atoms with Crippen LogP contribution >= 0.6 is 0 Å². The molecular formula is C9H12F5NO. The maximum Gasteiger partial charge on any atom is 0.463 e. The van der Waals surface area contributed by atoms with Gasteiger partial charge in [-0.3, -0.25) is 4.79 Å². The second-order valence-corrected chi connectivity index (χ2v) is 3.23. The molecular weight excluding hydrogens is 233 g/mol. The van der Waals surface area contributed by atoms with E-state index in [2.05, 4.69) is 6.58 Å². The summed E-state index contributed by atoms with van der Waals surface area (Å²) in [5, 5.41) is 0. The van der Waals surface area contributed by atoms with Crippen molar-refractivity contribution in [2.45, 2.75) is 24.9 Å². The van der Waals surface area contributed by atoms with Gasteiger partial charge in [0.2, 0.25) is 0 Å². The molecule has 0 N–H and O–H groups in total. The van der Waals surface area contributed by atoms with E-state index < -0.39 is 18.0 Å². The molecule has 0 radical (unpaired) electrons. The monoisotopic (exact) mass is 245 g/mol. The van der Waals surface area contributed by atoms with Crippen molar-refractivity contribution in [3.05, 3.63) is 12.7 Å². The first-order chi connectivity index (χ1) is 7.14. The van der Waals surface area contributed by atoms with Crippen LogP contribution in [0.2, 0.25) is 0 Å². The molecule has 0 saturated carbocycles. The first kappa shape index (κ1) is 14.9. The highest BCUT2D eigenvalue weighted by molar-refractivity contribution is 5.84. The molecule has 0 aliphatic rings. The van der Waals surface area contributed by atoms with Gasteiger partial charge < -0.3 is 4.90 Å². The van der Waals surface area contributed by atoms with Crippen LogP contribution in [0.15, 0.2) is 12.7 Å². The number of carbonyl (C=O) groups is 1. The Bertz CT molecular complexity index is 261. The van der Waals surface area contributed by atoms with Crippen molar-refractivity contribution in [2.75, 3.05) is 13.6 Å². The van der Waals surface area contributed by atoms with Gasteiger partial charge >= 0.3 is 18.0 Å². The largest absolute Gasteiger partial charge is 0.463 e. The Hall–Kier alpha value is -1.14. The van der Waals surface area contributed by atoms with Gasteiger partial charge in [0.1, 0.15) is 0 Å². The number of amides is 1. The van der Waals surface area contributed by atoms with Crippen LogP contribution in [0.1, 0.15) is 12.8 Å². The summed E-state index contributed by atoms with van der Waals surface area (Å²) in [4.78, 5) is 11.2. The zero-order valence-electron chi connectivity index (χ0n) is 8.65. The van der Waals surface area contributed by atoms with Gasteiger partial charge in [-0.1, -0.05) is 6.08 Å². The Morgan fingerprint density at radius 3 is 2.19 bits per heavy atom. The molecule has 2 nitrogen and oxygen atoms in total. The van der Waals surface area contributed by atoms with Gasteiger partial charge in [0.05, 0.1) is 0 Å². The summed E-state index contributed by atoms with van der Waals surface area (Å²) in [5.74, 6) is -7.56. The summed E-state index contributed by atoms with van der Waals surface area (Å²) >= 11 is 0. The van der Waals surface area contributed by atoms with Gasteiger partial charge in [-0.05, 0) is 12.8 Å².